The number of aromatic nitrogens is 2. The van der Waals surface area contributed by atoms with Crippen molar-refractivity contribution < 1.29 is 9.47 Å². The zero-order valence-corrected chi connectivity index (χ0v) is 13.3. The Morgan fingerprint density at radius 2 is 2.24 bits per heavy atom. The Labute approximate surface area is 126 Å². The highest BCUT2D eigenvalue weighted by Crippen LogP contribution is 2.28. The fourth-order valence-corrected chi connectivity index (χ4v) is 3.13. The van der Waals surface area contributed by atoms with Crippen LogP contribution in [0.3, 0.4) is 0 Å². The van der Waals surface area contributed by atoms with Crippen LogP contribution in [0.5, 0.6) is 5.88 Å². The fourth-order valence-electron chi connectivity index (χ4n) is 3.13. The van der Waals surface area contributed by atoms with Gasteiger partial charge in [0.2, 0.25) is 5.88 Å². The summed E-state index contributed by atoms with van der Waals surface area (Å²) in [6.07, 6.45) is 3.03. The van der Waals surface area contributed by atoms with Crippen molar-refractivity contribution in [3.63, 3.8) is 0 Å². The number of rotatable bonds is 6. The van der Waals surface area contributed by atoms with Gasteiger partial charge in [-0.05, 0) is 19.8 Å². The van der Waals surface area contributed by atoms with Gasteiger partial charge in [-0.15, -0.1) is 0 Å². The second-order valence-electron chi connectivity index (χ2n) is 6.05. The standard InChI is InChI=1S/C15H26N4O2/c1-11-14(15(20-3)18(2)17-11)9-16-8-13-10-19(6-7-21-13)12-4-5-12/h12-13,16H,4-10H2,1-3H3/t13-/m1/s1. The van der Waals surface area contributed by atoms with E-state index in [9.17, 15) is 0 Å². The molecule has 6 nitrogen and oxygen atoms in total. The summed E-state index contributed by atoms with van der Waals surface area (Å²) >= 11 is 0. The van der Waals surface area contributed by atoms with Crippen molar-refractivity contribution in [2.75, 3.05) is 33.4 Å². The molecule has 1 saturated carbocycles. The van der Waals surface area contributed by atoms with E-state index in [-0.39, 0.29) is 0 Å². The zero-order valence-electron chi connectivity index (χ0n) is 13.3. The van der Waals surface area contributed by atoms with E-state index >= 15 is 0 Å². The normalized spacial score (nSPS) is 23.5. The average Bonchev–Trinajstić information content (AvgIpc) is 3.27. The van der Waals surface area contributed by atoms with Crippen molar-refractivity contribution in [1.82, 2.24) is 20.0 Å². The molecule has 1 aromatic heterocycles. The van der Waals surface area contributed by atoms with Gasteiger partial charge in [0, 0.05) is 39.3 Å². The molecule has 2 heterocycles. The van der Waals surface area contributed by atoms with E-state index in [1.54, 1.807) is 11.8 Å². The van der Waals surface area contributed by atoms with Crippen molar-refractivity contribution in [2.45, 2.75) is 38.5 Å². The Balaban J connectivity index is 1.49. The largest absolute Gasteiger partial charge is 0.481 e. The van der Waals surface area contributed by atoms with Crippen LogP contribution in [-0.2, 0) is 18.3 Å². The van der Waals surface area contributed by atoms with Gasteiger partial charge in [0.1, 0.15) is 0 Å². The van der Waals surface area contributed by atoms with Crippen LogP contribution in [0.15, 0.2) is 0 Å². The molecule has 21 heavy (non-hydrogen) atoms. The third-order valence-electron chi connectivity index (χ3n) is 4.39. The maximum absolute atomic E-state index is 5.86. The summed E-state index contributed by atoms with van der Waals surface area (Å²) in [7, 11) is 3.60. The van der Waals surface area contributed by atoms with Gasteiger partial charge in [-0.25, -0.2) is 4.68 Å². The molecule has 1 N–H and O–H groups in total. The highest BCUT2D eigenvalue weighted by Gasteiger charge is 2.32. The molecule has 0 amide bonds. The van der Waals surface area contributed by atoms with Crippen molar-refractivity contribution in [1.29, 1.82) is 0 Å². The van der Waals surface area contributed by atoms with Crippen LogP contribution >= 0.6 is 0 Å². The minimum absolute atomic E-state index is 0.294. The predicted octanol–water partition coefficient (Wildman–Crippen LogP) is 0.690. The van der Waals surface area contributed by atoms with Gasteiger partial charge < -0.3 is 14.8 Å². The first-order valence-electron chi connectivity index (χ1n) is 7.82. The lowest BCUT2D eigenvalue weighted by atomic mass is 10.2. The molecule has 0 spiro atoms. The summed E-state index contributed by atoms with van der Waals surface area (Å²) in [5.41, 5.74) is 2.15. The third-order valence-corrected chi connectivity index (χ3v) is 4.39. The number of aryl methyl sites for hydroxylation is 2. The molecule has 1 aromatic rings. The van der Waals surface area contributed by atoms with Crippen LogP contribution in [0.25, 0.3) is 0 Å². The highest BCUT2D eigenvalue weighted by atomic mass is 16.5. The maximum atomic E-state index is 5.86. The van der Waals surface area contributed by atoms with E-state index in [4.69, 9.17) is 9.47 Å². The predicted molar refractivity (Wildman–Crippen MR) is 80.5 cm³/mol. The van der Waals surface area contributed by atoms with Crippen LogP contribution in [0.2, 0.25) is 0 Å². The van der Waals surface area contributed by atoms with Gasteiger partial charge in [-0.2, -0.15) is 5.10 Å². The lowest BCUT2D eigenvalue weighted by molar-refractivity contribution is -0.0301. The minimum atomic E-state index is 0.294. The van der Waals surface area contributed by atoms with E-state index in [0.29, 0.717) is 6.10 Å². The van der Waals surface area contributed by atoms with Gasteiger partial charge in [0.05, 0.1) is 31.1 Å². The molecule has 0 unspecified atom stereocenters. The van der Waals surface area contributed by atoms with Gasteiger partial charge in [-0.3, -0.25) is 4.90 Å². The number of hydrogen-bond acceptors (Lipinski definition) is 5. The van der Waals surface area contributed by atoms with Crippen molar-refractivity contribution in [3.8, 4) is 5.88 Å². The maximum Gasteiger partial charge on any atom is 0.216 e. The summed E-state index contributed by atoms with van der Waals surface area (Å²) in [6.45, 7) is 6.67. The highest BCUT2D eigenvalue weighted by molar-refractivity contribution is 5.30. The molecule has 1 atom stereocenters. The topological polar surface area (TPSA) is 51.6 Å². The first-order chi connectivity index (χ1) is 10.2. The third kappa shape index (κ3) is 3.39. The molecule has 1 aliphatic heterocycles. The molecule has 0 bridgehead atoms. The number of morpholine rings is 1. The van der Waals surface area contributed by atoms with Crippen LogP contribution in [-0.4, -0.2) is 60.2 Å². The number of nitrogens with zero attached hydrogens (tertiary/aromatic N) is 3. The number of ether oxygens (including phenoxy) is 2. The summed E-state index contributed by atoms with van der Waals surface area (Å²) in [4.78, 5) is 2.58. The van der Waals surface area contributed by atoms with Crippen molar-refractivity contribution in [3.05, 3.63) is 11.3 Å². The van der Waals surface area contributed by atoms with E-state index in [1.165, 1.54) is 12.8 Å². The van der Waals surface area contributed by atoms with Gasteiger partial charge in [0.25, 0.3) is 0 Å². The number of nitrogens with one attached hydrogen (secondary N) is 1. The fraction of sp³-hybridized carbons (Fsp3) is 0.800. The van der Waals surface area contributed by atoms with Crippen LogP contribution in [0.4, 0.5) is 0 Å². The second-order valence-corrected chi connectivity index (χ2v) is 6.05. The van der Waals surface area contributed by atoms with Crippen LogP contribution in [0, 0.1) is 6.92 Å². The summed E-state index contributed by atoms with van der Waals surface area (Å²) in [5, 5.41) is 7.90. The Bertz CT molecular complexity index is 484. The Hall–Kier alpha value is -1.11. The molecular weight excluding hydrogens is 268 g/mol. The molecule has 118 valence electrons. The lowest BCUT2D eigenvalue weighted by Gasteiger charge is -2.33. The molecule has 1 saturated heterocycles. The molecule has 1 aliphatic carbocycles. The SMILES string of the molecule is COc1c(CNC[C@@H]2CN(C3CC3)CCO2)c(C)nn1C. The minimum Gasteiger partial charge on any atom is -0.481 e. The first kappa shape index (κ1) is 14.8. The van der Waals surface area contributed by atoms with Crippen LogP contribution < -0.4 is 10.1 Å². The lowest BCUT2D eigenvalue weighted by Crippen LogP contribution is -2.47. The number of hydrogen-bond donors (Lipinski definition) is 1. The van der Waals surface area contributed by atoms with Crippen molar-refractivity contribution in [2.24, 2.45) is 7.05 Å². The monoisotopic (exact) mass is 294 g/mol. The number of methoxy groups -OCH3 is 1. The Morgan fingerprint density at radius 1 is 1.43 bits per heavy atom. The van der Waals surface area contributed by atoms with E-state index in [2.05, 4.69) is 15.3 Å². The molecule has 6 heteroatoms. The average molecular weight is 294 g/mol. The summed E-state index contributed by atoms with van der Waals surface area (Å²) in [6, 6.07) is 0.831. The van der Waals surface area contributed by atoms with Crippen molar-refractivity contribution >= 4 is 0 Å². The molecule has 2 aliphatic rings. The molecule has 2 fully saturated rings. The Morgan fingerprint density at radius 3 is 2.95 bits per heavy atom. The van der Waals surface area contributed by atoms with E-state index in [0.717, 1.165) is 56.0 Å². The van der Waals surface area contributed by atoms with Gasteiger partial charge in [-0.1, -0.05) is 0 Å². The molecule has 0 aromatic carbocycles. The van der Waals surface area contributed by atoms with E-state index < -0.39 is 0 Å². The van der Waals surface area contributed by atoms with Gasteiger partial charge >= 0.3 is 0 Å². The molecule has 3 rings (SSSR count). The van der Waals surface area contributed by atoms with Crippen LogP contribution in [0.1, 0.15) is 24.1 Å². The quantitative estimate of drug-likeness (QED) is 0.836. The molecular formula is C15H26N4O2. The smallest absolute Gasteiger partial charge is 0.216 e. The summed E-state index contributed by atoms with van der Waals surface area (Å²) in [5.74, 6) is 0.837. The Kier molecular flexibility index (Phi) is 4.47. The molecule has 0 radical (unpaired) electrons. The summed E-state index contributed by atoms with van der Waals surface area (Å²) < 4.78 is 13.1. The van der Waals surface area contributed by atoms with E-state index in [1.807, 2.05) is 14.0 Å². The second kappa shape index (κ2) is 6.34. The van der Waals surface area contributed by atoms with Gasteiger partial charge in [0.15, 0.2) is 0 Å². The zero-order chi connectivity index (χ0) is 14.8. The first-order valence-corrected chi connectivity index (χ1v) is 7.82.